The van der Waals surface area contributed by atoms with Crippen molar-refractivity contribution in [1.29, 1.82) is 0 Å². The van der Waals surface area contributed by atoms with E-state index in [4.69, 9.17) is 0 Å². The topological polar surface area (TPSA) is 84.3 Å². The molecule has 6 nitrogen and oxygen atoms in total. The van der Waals surface area contributed by atoms with Crippen molar-refractivity contribution in [2.45, 2.75) is 12.8 Å². The van der Waals surface area contributed by atoms with Crippen molar-refractivity contribution in [3.63, 3.8) is 0 Å². The first-order valence-corrected chi connectivity index (χ1v) is 6.40. The molecule has 1 heterocycles. The van der Waals surface area contributed by atoms with E-state index in [1.165, 1.54) is 18.2 Å². The van der Waals surface area contributed by atoms with Gasteiger partial charge in [-0.25, -0.2) is 0 Å². The molecule has 2 rings (SSSR count). The summed E-state index contributed by atoms with van der Waals surface area (Å²) in [5, 5.41) is 16.7. The van der Waals surface area contributed by atoms with Gasteiger partial charge in [0.25, 0.3) is 11.6 Å². The van der Waals surface area contributed by atoms with Crippen molar-refractivity contribution < 1.29 is 9.72 Å². The summed E-state index contributed by atoms with van der Waals surface area (Å²) in [6.45, 7) is 2.66. The third-order valence-corrected chi connectivity index (χ3v) is 3.32. The number of non-ortho nitro benzene ring substituents is 1. The van der Waals surface area contributed by atoms with Crippen LogP contribution >= 0.6 is 12.4 Å². The summed E-state index contributed by atoms with van der Waals surface area (Å²) in [7, 11) is 0. The molecule has 0 spiro atoms. The molecule has 1 saturated heterocycles. The second kappa shape index (κ2) is 7.81. The highest BCUT2D eigenvalue weighted by atomic mass is 35.5. The molecular formula is C13H18ClN3O3. The third kappa shape index (κ3) is 4.47. The Hall–Kier alpha value is -1.66. The lowest BCUT2D eigenvalue weighted by Crippen LogP contribution is -2.26. The van der Waals surface area contributed by atoms with Crippen LogP contribution in [0, 0.1) is 16.0 Å². The Morgan fingerprint density at radius 2 is 2.30 bits per heavy atom. The van der Waals surface area contributed by atoms with E-state index in [2.05, 4.69) is 10.6 Å². The number of carbonyl (C=O) groups excluding carboxylic acids is 1. The van der Waals surface area contributed by atoms with Gasteiger partial charge in [-0.05, 0) is 37.9 Å². The zero-order valence-electron chi connectivity index (χ0n) is 11.0. The number of rotatable bonds is 5. The van der Waals surface area contributed by atoms with Gasteiger partial charge in [-0.2, -0.15) is 0 Å². The highest BCUT2D eigenvalue weighted by Crippen LogP contribution is 2.14. The van der Waals surface area contributed by atoms with Gasteiger partial charge in [-0.15, -0.1) is 12.4 Å². The van der Waals surface area contributed by atoms with Crippen molar-refractivity contribution in [3.05, 3.63) is 39.9 Å². The summed E-state index contributed by atoms with van der Waals surface area (Å²) in [6.07, 6.45) is 2.08. The number of carbonyl (C=O) groups is 1. The molecule has 0 aliphatic carbocycles. The molecule has 2 N–H and O–H groups in total. The maximum atomic E-state index is 11.8. The van der Waals surface area contributed by atoms with E-state index in [0.29, 0.717) is 18.0 Å². The SMILES string of the molecule is Cl.O=C(NCCC1CCNC1)c1cccc([N+](=O)[O-])c1. The minimum atomic E-state index is -0.499. The fourth-order valence-electron chi connectivity index (χ4n) is 2.21. The molecule has 1 unspecified atom stereocenters. The summed E-state index contributed by atoms with van der Waals surface area (Å²) in [5.41, 5.74) is 0.270. The van der Waals surface area contributed by atoms with Crippen LogP contribution in [0.15, 0.2) is 24.3 Å². The molecule has 0 radical (unpaired) electrons. The molecule has 1 aliphatic heterocycles. The van der Waals surface area contributed by atoms with Crippen LogP contribution in [0.25, 0.3) is 0 Å². The number of nitrogens with one attached hydrogen (secondary N) is 2. The minimum absolute atomic E-state index is 0. The van der Waals surface area contributed by atoms with E-state index < -0.39 is 4.92 Å². The number of hydrogen-bond acceptors (Lipinski definition) is 4. The lowest BCUT2D eigenvalue weighted by atomic mass is 10.1. The molecular weight excluding hydrogens is 282 g/mol. The lowest BCUT2D eigenvalue weighted by Gasteiger charge is -2.09. The van der Waals surface area contributed by atoms with Crippen molar-refractivity contribution in [1.82, 2.24) is 10.6 Å². The molecule has 1 amide bonds. The van der Waals surface area contributed by atoms with Crippen LogP contribution in [-0.4, -0.2) is 30.5 Å². The van der Waals surface area contributed by atoms with Gasteiger partial charge in [-0.3, -0.25) is 14.9 Å². The number of hydrogen-bond donors (Lipinski definition) is 2. The van der Waals surface area contributed by atoms with Crippen LogP contribution in [-0.2, 0) is 0 Å². The van der Waals surface area contributed by atoms with Gasteiger partial charge < -0.3 is 10.6 Å². The van der Waals surface area contributed by atoms with Crippen molar-refractivity contribution >= 4 is 24.0 Å². The lowest BCUT2D eigenvalue weighted by molar-refractivity contribution is -0.384. The Labute approximate surface area is 123 Å². The van der Waals surface area contributed by atoms with E-state index in [0.717, 1.165) is 25.9 Å². The van der Waals surface area contributed by atoms with Crippen LogP contribution in [0.5, 0.6) is 0 Å². The summed E-state index contributed by atoms with van der Waals surface area (Å²) in [4.78, 5) is 22.0. The third-order valence-electron chi connectivity index (χ3n) is 3.32. The molecule has 7 heteroatoms. The van der Waals surface area contributed by atoms with Crippen molar-refractivity contribution in [2.24, 2.45) is 5.92 Å². The summed E-state index contributed by atoms with van der Waals surface area (Å²) in [5.74, 6) is 0.361. The minimum Gasteiger partial charge on any atom is -0.352 e. The quantitative estimate of drug-likeness (QED) is 0.641. The molecule has 0 aromatic heterocycles. The first-order chi connectivity index (χ1) is 9.16. The standard InChI is InChI=1S/C13H17N3O3.ClH/c17-13(15-7-5-10-4-6-14-9-10)11-2-1-3-12(8-11)16(18)19;/h1-3,8,10,14H,4-7,9H2,(H,15,17);1H. The molecule has 1 fully saturated rings. The molecule has 1 aromatic carbocycles. The highest BCUT2D eigenvalue weighted by molar-refractivity contribution is 5.94. The number of amides is 1. The van der Waals surface area contributed by atoms with E-state index in [9.17, 15) is 14.9 Å². The van der Waals surface area contributed by atoms with E-state index >= 15 is 0 Å². The fraction of sp³-hybridized carbons (Fsp3) is 0.462. The van der Waals surface area contributed by atoms with Gasteiger partial charge in [0.1, 0.15) is 0 Å². The van der Waals surface area contributed by atoms with E-state index in [-0.39, 0.29) is 24.0 Å². The fourth-order valence-corrected chi connectivity index (χ4v) is 2.21. The van der Waals surface area contributed by atoms with Crippen LogP contribution < -0.4 is 10.6 Å². The molecule has 110 valence electrons. The maximum absolute atomic E-state index is 11.8. The first kappa shape index (κ1) is 16.4. The molecule has 1 atom stereocenters. The van der Waals surface area contributed by atoms with Crippen LogP contribution in [0.2, 0.25) is 0 Å². The summed E-state index contributed by atoms with van der Waals surface area (Å²) in [6, 6.07) is 5.78. The second-order valence-corrected chi connectivity index (χ2v) is 4.71. The van der Waals surface area contributed by atoms with Crippen molar-refractivity contribution in [2.75, 3.05) is 19.6 Å². The first-order valence-electron chi connectivity index (χ1n) is 6.40. The van der Waals surface area contributed by atoms with Crippen molar-refractivity contribution in [3.8, 4) is 0 Å². The molecule has 1 aromatic rings. The maximum Gasteiger partial charge on any atom is 0.270 e. The second-order valence-electron chi connectivity index (χ2n) is 4.71. The van der Waals surface area contributed by atoms with Gasteiger partial charge in [0.2, 0.25) is 0 Å². The number of nitro groups is 1. The number of halogens is 1. The number of benzene rings is 1. The van der Waals surface area contributed by atoms with Crippen LogP contribution in [0.3, 0.4) is 0 Å². The van der Waals surface area contributed by atoms with E-state index in [1.54, 1.807) is 6.07 Å². The largest absolute Gasteiger partial charge is 0.352 e. The Morgan fingerprint density at radius 3 is 2.95 bits per heavy atom. The Balaban J connectivity index is 0.00000200. The average molecular weight is 300 g/mol. The smallest absolute Gasteiger partial charge is 0.270 e. The highest BCUT2D eigenvalue weighted by Gasteiger charge is 2.15. The number of nitrogens with zero attached hydrogens (tertiary/aromatic N) is 1. The summed E-state index contributed by atoms with van der Waals surface area (Å²) >= 11 is 0. The molecule has 20 heavy (non-hydrogen) atoms. The van der Waals surface area contributed by atoms with Crippen LogP contribution in [0.4, 0.5) is 5.69 Å². The zero-order valence-corrected chi connectivity index (χ0v) is 11.8. The van der Waals surface area contributed by atoms with Crippen LogP contribution in [0.1, 0.15) is 23.2 Å². The molecule has 1 aliphatic rings. The Kier molecular flexibility index (Phi) is 6.41. The average Bonchev–Trinajstić information content (AvgIpc) is 2.92. The van der Waals surface area contributed by atoms with Gasteiger partial charge in [0, 0.05) is 24.2 Å². The molecule has 0 bridgehead atoms. The van der Waals surface area contributed by atoms with Gasteiger partial charge in [0.15, 0.2) is 0 Å². The van der Waals surface area contributed by atoms with E-state index in [1.807, 2.05) is 0 Å². The normalized spacial score (nSPS) is 17.3. The van der Waals surface area contributed by atoms with Gasteiger partial charge in [0.05, 0.1) is 4.92 Å². The Bertz CT molecular complexity index is 476. The Morgan fingerprint density at radius 1 is 1.50 bits per heavy atom. The predicted molar refractivity (Wildman–Crippen MR) is 78.3 cm³/mol. The predicted octanol–water partition coefficient (Wildman–Crippen LogP) is 1.75. The molecule has 0 saturated carbocycles. The van der Waals surface area contributed by atoms with Gasteiger partial charge >= 0.3 is 0 Å². The summed E-state index contributed by atoms with van der Waals surface area (Å²) < 4.78 is 0. The monoisotopic (exact) mass is 299 g/mol. The van der Waals surface area contributed by atoms with Gasteiger partial charge in [-0.1, -0.05) is 6.07 Å². The number of nitro benzene ring substituents is 1. The zero-order chi connectivity index (χ0) is 13.7.